The van der Waals surface area contributed by atoms with Gasteiger partial charge in [0.05, 0.1) is 11.4 Å². The lowest BCUT2D eigenvalue weighted by Gasteiger charge is -2.15. The van der Waals surface area contributed by atoms with E-state index in [0.29, 0.717) is 49.6 Å². The van der Waals surface area contributed by atoms with E-state index >= 15 is 0 Å². The first-order chi connectivity index (χ1) is 25.5. The normalized spacial score (nSPS) is 15.8. The highest BCUT2D eigenvalue weighted by atomic mass is 19.2. The Morgan fingerprint density at radius 3 is 1.60 bits per heavy atom. The molecule has 4 aromatic carbocycles. The average Bonchev–Trinajstić information content (AvgIpc) is 3.88. The molecule has 6 aromatic rings. The van der Waals surface area contributed by atoms with Crippen LogP contribution in [0.4, 0.5) is 26.3 Å². The summed E-state index contributed by atoms with van der Waals surface area (Å²) in [7, 11) is 0. The zero-order valence-electron chi connectivity index (χ0n) is 27.9. The van der Waals surface area contributed by atoms with E-state index in [2.05, 4.69) is 10.2 Å². The summed E-state index contributed by atoms with van der Waals surface area (Å²) in [5.41, 5.74) is 4.47. The van der Waals surface area contributed by atoms with Gasteiger partial charge in [0.1, 0.15) is 40.3 Å². The number of carbonyl (C=O) groups excluding carboxylic acids is 1. The predicted molar refractivity (Wildman–Crippen MR) is 182 cm³/mol. The number of fused-ring (bicyclic) bond motifs is 2. The molecule has 2 aliphatic carbocycles. The SMILES string of the molecule is O=C(O)c1nn(-c2ccc(F)cc2F)c2c1CCC2Cc1cccc(F)c1.O=Cc1nn(-c2ccc(F)cc2F)c2c1CCC2Cc1cccc(F)c1. The van der Waals surface area contributed by atoms with Crippen LogP contribution in [0.25, 0.3) is 11.4 Å². The number of aldehydes is 1. The van der Waals surface area contributed by atoms with E-state index in [1.54, 1.807) is 18.2 Å². The summed E-state index contributed by atoms with van der Waals surface area (Å²) in [5.74, 6) is -5.01. The van der Waals surface area contributed by atoms with Gasteiger partial charge in [-0.1, -0.05) is 24.3 Å². The van der Waals surface area contributed by atoms with Crippen molar-refractivity contribution in [2.75, 3.05) is 0 Å². The molecule has 270 valence electrons. The molecule has 0 saturated carbocycles. The number of carboxylic acids is 1. The maximum Gasteiger partial charge on any atom is 0.356 e. The average molecular weight is 729 g/mol. The van der Waals surface area contributed by atoms with Gasteiger partial charge in [0, 0.05) is 35.1 Å². The number of nitrogens with zero attached hydrogens (tertiary/aromatic N) is 4. The van der Waals surface area contributed by atoms with Crippen LogP contribution in [0.1, 0.15) is 79.3 Å². The van der Waals surface area contributed by atoms with Gasteiger partial charge in [0.25, 0.3) is 0 Å². The molecule has 8 rings (SSSR count). The monoisotopic (exact) mass is 728 g/mol. The maximum absolute atomic E-state index is 14.3. The fraction of sp³-hybridized carbons (Fsp3) is 0.200. The summed E-state index contributed by atoms with van der Waals surface area (Å²) in [6.07, 6.45) is 4.21. The van der Waals surface area contributed by atoms with Crippen LogP contribution in [-0.2, 0) is 25.7 Å². The molecule has 0 saturated heterocycles. The number of hydrogen-bond acceptors (Lipinski definition) is 4. The molecule has 0 amide bonds. The molecule has 1 N–H and O–H groups in total. The molecule has 7 nitrogen and oxygen atoms in total. The number of rotatable bonds is 8. The third-order valence-electron chi connectivity index (χ3n) is 9.67. The van der Waals surface area contributed by atoms with Crippen molar-refractivity contribution in [1.82, 2.24) is 19.6 Å². The molecular formula is C40H30F6N4O3. The van der Waals surface area contributed by atoms with Crippen LogP contribution in [0.3, 0.4) is 0 Å². The maximum atomic E-state index is 14.3. The summed E-state index contributed by atoms with van der Waals surface area (Å²) < 4.78 is 84.8. The lowest BCUT2D eigenvalue weighted by Crippen LogP contribution is -2.10. The van der Waals surface area contributed by atoms with Crippen molar-refractivity contribution in [1.29, 1.82) is 0 Å². The molecule has 0 aliphatic heterocycles. The van der Waals surface area contributed by atoms with E-state index in [4.69, 9.17) is 0 Å². The molecule has 0 spiro atoms. The minimum Gasteiger partial charge on any atom is -0.476 e. The molecule has 2 atom stereocenters. The number of aromatic nitrogens is 4. The van der Waals surface area contributed by atoms with Crippen molar-refractivity contribution in [2.24, 2.45) is 0 Å². The predicted octanol–water partition coefficient (Wildman–Crippen LogP) is 8.63. The van der Waals surface area contributed by atoms with Gasteiger partial charge in [-0.05, 0) is 98.2 Å². The Bertz CT molecular complexity index is 2370. The van der Waals surface area contributed by atoms with Gasteiger partial charge in [-0.2, -0.15) is 10.2 Å². The lowest BCUT2D eigenvalue weighted by atomic mass is 9.97. The van der Waals surface area contributed by atoms with Crippen molar-refractivity contribution in [3.8, 4) is 11.4 Å². The van der Waals surface area contributed by atoms with Crippen molar-refractivity contribution < 1.29 is 41.0 Å². The van der Waals surface area contributed by atoms with E-state index < -0.39 is 29.2 Å². The molecule has 2 heterocycles. The van der Waals surface area contributed by atoms with Gasteiger partial charge in [0.15, 0.2) is 23.6 Å². The highest BCUT2D eigenvalue weighted by Gasteiger charge is 2.35. The Morgan fingerprint density at radius 1 is 0.660 bits per heavy atom. The Hall–Kier alpha value is -5.98. The number of carboxylic acid groups (broad SMARTS) is 1. The van der Waals surface area contributed by atoms with Crippen LogP contribution in [0.15, 0.2) is 84.9 Å². The molecular weight excluding hydrogens is 698 g/mol. The fourth-order valence-electron chi connectivity index (χ4n) is 7.43. The third-order valence-corrected chi connectivity index (χ3v) is 9.67. The second-order valence-corrected chi connectivity index (χ2v) is 13.0. The Morgan fingerprint density at radius 2 is 1.13 bits per heavy atom. The van der Waals surface area contributed by atoms with Crippen molar-refractivity contribution in [2.45, 2.75) is 50.4 Å². The molecule has 13 heteroatoms. The first-order valence-corrected chi connectivity index (χ1v) is 16.8. The first-order valence-electron chi connectivity index (χ1n) is 16.8. The Labute approximate surface area is 299 Å². The smallest absolute Gasteiger partial charge is 0.356 e. The summed E-state index contributed by atoms with van der Waals surface area (Å²) >= 11 is 0. The van der Waals surface area contributed by atoms with E-state index in [1.807, 2.05) is 6.07 Å². The number of benzene rings is 4. The van der Waals surface area contributed by atoms with Crippen LogP contribution >= 0.6 is 0 Å². The van der Waals surface area contributed by atoms with E-state index in [-0.39, 0.29) is 46.2 Å². The van der Waals surface area contributed by atoms with E-state index in [9.17, 15) is 41.0 Å². The van der Waals surface area contributed by atoms with Gasteiger partial charge in [0.2, 0.25) is 0 Å². The molecule has 2 aliphatic rings. The highest BCUT2D eigenvalue weighted by Crippen LogP contribution is 2.40. The van der Waals surface area contributed by atoms with Gasteiger partial charge in [-0.3, -0.25) is 4.79 Å². The summed E-state index contributed by atoms with van der Waals surface area (Å²) in [5, 5.41) is 17.8. The van der Waals surface area contributed by atoms with E-state index in [0.717, 1.165) is 53.1 Å². The van der Waals surface area contributed by atoms with Gasteiger partial charge < -0.3 is 5.11 Å². The Kier molecular flexibility index (Phi) is 9.74. The van der Waals surface area contributed by atoms with Gasteiger partial charge in [-0.15, -0.1) is 0 Å². The topological polar surface area (TPSA) is 90.0 Å². The molecule has 2 aromatic heterocycles. The Balaban J connectivity index is 0.000000164. The lowest BCUT2D eigenvalue weighted by molar-refractivity contribution is 0.0688. The molecule has 53 heavy (non-hydrogen) atoms. The van der Waals surface area contributed by atoms with Crippen molar-refractivity contribution in [3.05, 3.63) is 165 Å². The van der Waals surface area contributed by atoms with Crippen LogP contribution in [0, 0.1) is 34.9 Å². The van der Waals surface area contributed by atoms with Crippen LogP contribution in [-0.4, -0.2) is 36.9 Å². The van der Waals surface area contributed by atoms with Crippen molar-refractivity contribution in [3.63, 3.8) is 0 Å². The van der Waals surface area contributed by atoms with Gasteiger partial charge >= 0.3 is 5.97 Å². The fourth-order valence-corrected chi connectivity index (χ4v) is 7.43. The zero-order valence-corrected chi connectivity index (χ0v) is 27.9. The number of carbonyl (C=O) groups is 2. The second kappa shape index (κ2) is 14.6. The summed E-state index contributed by atoms with van der Waals surface area (Å²) in [6, 6.07) is 18.8. The minimum absolute atomic E-state index is 0.00806. The minimum atomic E-state index is -1.20. The summed E-state index contributed by atoms with van der Waals surface area (Å²) in [6.45, 7) is 0. The third kappa shape index (κ3) is 7.11. The zero-order chi connectivity index (χ0) is 37.4. The number of halogens is 6. The van der Waals surface area contributed by atoms with Crippen LogP contribution < -0.4 is 0 Å². The highest BCUT2D eigenvalue weighted by molar-refractivity contribution is 5.88. The quantitative estimate of drug-likeness (QED) is 0.125. The van der Waals surface area contributed by atoms with Gasteiger partial charge in [-0.25, -0.2) is 40.5 Å². The second-order valence-electron chi connectivity index (χ2n) is 13.0. The molecule has 0 radical (unpaired) electrons. The number of aromatic carboxylic acids is 1. The van der Waals surface area contributed by atoms with Crippen molar-refractivity contribution >= 4 is 12.3 Å². The standard InChI is InChI=1S/C20H15F3N2O2.C20H15F3N2O/c21-13-3-1-2-11(9-13)8-12-4-6-15-18(20(26)27)24-25(19(12)15)17-7-5-14(22)10-16(17)23;21-14-3-1-2-12(9-14)8-13-4-6-16-18(11-26)24-25(20(13)16)19-7-5-15(22)10-17(19)23/h1-3,5,7,9-10,12H,4,6,8H2,(H,26,27);1-3,5,7,9-11,13H,4,6,8H2. The first kappa shape index (κ1) is 35.4. The van der Waals surface area contributed by atoms with E-state index in [1.165, 1.54) is 45.8 Å². The summed E-state index contributed by atoms with van der Waals surface area (Å²) in [4.78, 5) is 23.0. The largest absolute Gasteiger partial charge is 0.476 e. The molecule has 0 fully saturated rings. The van der Waals surface area contributed by atoms with Crippen LogP contribution in [0.5, 0.6) is 0 Å². The molecule has 2 unspecified atom stereocenters. The molecule has 0 bridgehead atoms. The van der Waals surface area contributed by atoms with Crippen LogP contribution in [0.2, 0.25) is 0 Å². The number of hydrogen-bond donors (Lipinski definition) is 1.